The predicted octanol–water partition coefficient (Wildman–Crippen LogP) is 4.96. The van der Waals surface area contributed by atoms with Crippen LogP contribution in [0.1, 0.15) is 70.3 Å². The molecule has 0 radical (unpaired) electrons. The average molecular weight is 542 g/mol. The summed E-state index contributed by atoms with van der Waals surface area (Å²) in [5, 5.41) is 9.36. The van der Waals surface area contributed by atoms with Crippen molar-refractivity contribution in [2.45, 2.75) is 64.6 Å². The number of hydrogen-bond acceptors (Lipinski definition) is 6. The minimum atomic E-state index is -0.905. The highest BCUT2D eigenvalue weighted by Gasteiger charge is 2.39. The summed E-state index contributed by atoms with van der Waals surface area (Å²) in [6.07, 6.45) is 5.47. The van der Waals surface area contributed by atoms with E-state index < -0.39 is 5.97 Å². The highest BCUT2D eigenvalue weighted by atomic mass is 16.4. The predicted molar refractivity (Wildman–Crippen MR) is 156 cm³/mol. The fraction of sp³-hybridized carbons (Fsp3) is 0.438. The van der Waals surface area contributed by atoms with Crippen molar-refractivity contribution < 1.29 is 14.7 Å². The molecule has 0 atom stereocenters. The van der Waals surface area contributed by atoms with Crippen molar-refractivity contribution in [1.29, 1.82) is 0 Å². The van der Waals surface area contributed by atoms with Crippen LogP contribution in [0, 0.1) is 13.8 Å². The van der Waals surface area contributed by atoms with E-state index in [9.17, 15) is 14.7 Å². The van der Waals surface area contributed by atoms with E-state index in [1.165, 1.54) is 11.9 Å². The van der Waals surface area contributed by atoms with E-state index in [1.54, 1.807) is 12.1 Å². The standard InChI is InChI=1S/C32H39N5O3/c1-23-29(24(2)34-22-33-23)30(38)35-19-15-32(3,16-20-35)36-17-13-28(14-18-36)37(21-25-7-5-4-6-8-25)27-11-9-26(10-12-27)31(39)40/h4-12,22,28H,13-21H2,1-3H3,(H,39,40). The van der Waals surface area contributed by atoms with Gasteiger partial charge in [0.15, 0.2) is 0 Å². The minimum absolute atomic E-state index is 0.0434. The normalized spacial score (nSPS) is 17.9. The van der Waals surface area contributed by atoms with Crippen molar-refractivity contribution >= 4 is 17.6 Å². The molecule has 0 bridgehead atoms. The number of benzene rings is 2. The monoisotopic (exact) mass is 541 g/mol. The molecule has 1 aromatic heterocycles. The van der Waals surface area contributed by atoms with Crippen LogP contribution in [0.4, 0.5) is 5.69 Å². The Hall–Kier alpha value is -3.78. The number of carbonyl (C=O) groups is 2. The van der Waals surface area contributed by atoms with Crippen LogP contribution >= 0.6 is 0 Å². The highest BCUT2D eigenvalue weighted by molar-refractivity contribution is 5.96. The van der Waals surface area contributed by atoms with Crippen molar-refractivity contribution in [3.05, 3.63) is 89.0 Å². The summed E-state index contributed by atoms with van der Waals surface area (Å²) in [6, 6.07) is 18.1. The van der Waals surface area contributed by atoms with Gasteiger partial charge in [-0.2, -0.15) is 0 Å². The van der Waals surface area contributed by atoms with Gasteiger partial charge >= 0.3 is 5.97 Å². The Morgan fingerprint density at radius 2 is 1.52 bits per heavy atom. The van der Waals surface area contributed by atoms with Gasteiger partial charge in [0, 0.05) is 50.0 Å². The van der Waals surface area contributed by atoms with Crippen molar-refractivity contribution in [1.82, 2.24) is 19.8 Å². The van der Waals surface area contributed by atoms with Gasteiger partial charge in [0.05, 0.1) is 22.5 Å². The van der Waals surface area contributed by atoms with Gasteiger partial charge in [-0.25, -0.2) is 14.8 Å². The first-order valence-electron chi connectivity index (χ1n) is 14.2. The Morgan fingerprint density at radius 3 is 2.10 bits per heavy atom. The molecule has 2 aliphatic heterocycles. The maximum absolute atomic E-state index is 13.3. The molecule has 0 saturated carbocycles. The summed E-state index contributed by atoms with van der Waals surface area (Å²) < 4.78 is 0. The topological polar surface area (TPSA) is 89.9 Å². The number of aryl methyl sites for hydroxylation is 2. The molecule has 40 heavy (non-hydrogen) atoms. The molecule has 8 heteroatoms. The molecule has 3 aromatic rings. The maximum Gasteiger partial charge on any atom is 0.335 e. The van der Waals surface area contributed by atoms with Crippen molar-refractivity contribution in [3.63, 3.8) is 0 Å². The van der Waals surface area contributed by atoms with Gasteiger partial charge in [0.25, 0.3) is 5.91 Å². The first kappa shape index (κ1) is 27.8. The third-order valence-electron chi connectivity index (χ3n) is 8.88. The summed E-state index contributed by atoms with van der Waals surface area (Å²) in [4.78, 5) is 40.2. The zero-order valence-electron chi connectivity index (χ0n) is 23.7. The van der Waals surface area contributed by atoms with E-state index in [2.05, 4.69) is 51.0 Å². The third-order valence-corrected chi connectivity index (χ3v) is 8.88. The first-order valence-corrected chi connectivity index (χ1v) is 14.2. The molecular weight excluding hydrogens is 502 g/mol. The van der Waals surface area contributed by atoms with Gasteiger partial charge in [-0.1, -0.05) is 30.3 Å². The number of hydrogen-bond donors (Lipinski definition) is 1. The molecule has 1 amide bonds. The van der Waals surface area contributed by atoms with Crippen LogP contribution in [0.2, 0.25) is 0 Å². The van der Waals surface area contributed by atoms with Gasteiger partial charge in [-0.3, -0.25) is 9.69 Å². The Balaban J connectivity index is 1.24. The summed E-state index contributed by atoms with van der Waals surface area (Å²) in [7, 11) is 0. The van der Waals surface area contributed by atoms with E-state index >= 15 is 0 Å². The number of nitrogens with zero attached hydrogens (tertiary/aromatic N) is 5. The smallest absolute Gasteiger partial charge is 0.335 e. The summed E-state index contributed by atoms with van der Waals surface area (Å²) >= 11 is 0. The number of carboxylic acids is 1. The second-order valence-corrected chi connectivity index (χ2v) is 11.4. The Labute approximate surface area is 236 Å². The fourth-order valence-corrected chi connectivity index (χ4v) is 6.29. The number of carbonyl (C=O) groups excluding carboxylic acids is 1. The molecule has 0 spiro atoms. The Kier molecular flexibility index (Phi) is 8.17. The fourth-order valence-electron chi connectivity index (χ4n) is 6.29. The number of anilines is 1. The molecular formula is C32H39N5O3. The number of likely N-dealkylation sites (tertiary alicyclic amines) is 2. The molecule has 2 saturated heterocycles. The van der Waals surface area contributed by atoms with Crippen molar-refractivity contribution in [2.24, 2.45) is 0 Å². The SMILES string of the molecule is Cc1ncnc(C)c1C(=O)N1CCC(C)(N2CCC(N(Cc3ccccc3)c3ccc(C(=O)O)cc3)CC2)CC1. The van der Waals surface area contributed by atoms with Crippen LogP contribution in [-0.2, 0) is 6.54 Å². The highest BCUT2D eigenvalue weighted by Crippen LogP contribution is 2.34. The Morgan fingerprint density at radius 1 is 0.925 bits per heavy atom. The molecule has 2 aliphatic rings. The summed E-state index contributed by atoms with van der Waals surface area (Å²) in [5.41, 5.74) is 4.79. The third kappa shape index (κ3) is 5.87. The number of aromatic nitrogens is 2. The van der Waals surface area contributed by atoms with E-state index in [0.29, 0.717) is 17.2 Å². The Bertz CT molecular complexity index is 1310. The van der Waals surface area contributed by atoms with Crippen molar-refractivity contribution in [3.8, 4) is 0 Å². The number of carboxylic acid groups (broad SMARTS) is 1. The first-order chi connectivity index (χ1) is 19.2. The number of rotatable bonds is 7. The molecule has 8 nitrogen and oxygen atoms in total. The maximum atomic E-state index is 13.3. The number of amides is 1. The summed E-state index contributed by atoms with van der Waals surface area (Å²) in [5.74, 6) is -0.861. The van der Waals surface area contributed by atoms with E-state index in [-0.39, 0.29) is 11.4 Å². The second kappa shape index (κ2) is 11.8. The quantitative estimate of drug-likeness (QED) is 0.452. The minimum Gasteiger partial charge on any atom is -0.478 e. The largest absolute Gasteiger partial charge is 0.478 e. The lowest BCUT2D eigenvalue weighted by Gasteiger charge is -2.50. The lowest BCUT2D eigenvalue weighted by atomic mass is 9.85. The molecule has 210 valence electrons. The molecule has 1 N–H and O–H groups in total. The van der Waals surface area contributed by atoms with E-state index in [0.717, 1.165) is 75.5 Å². The van der Waals surface area contributed by atoms with Crippen LogP contribution in [0.5, 0.6) is 0 Å². The van der Waals surface area contributed by atoms with E-state index in [4.69, 9.17) is 0 Å². The summed E-state index contributed by atoms with van der Waals surface area (Å²) in [6.45, 7) is 10.4. The lowest BCUT2D eigenvalue weighted by Crippen LogP contribution is -2.58. The molecule has 2 aromatic carbocycles. The van der Waals surface area contributed by atoms with Gasteiger partial charge in [0.2, 0.25) is 0 Å². The molecule has 5 rings (SSSR count). The zero-order chi connectivity index (χ0) is 28.3. The zero-order valence-corrected chi connectivity index (χ0v) is 23.7. The number of piperidine rings is 2. The molecule has 0 unspecified atom stereocenters. The van der Waals surface area contributed by atoms with Crippen molar-refractivity contribution in [2.75, 3.05) is 31.1 Å². The lowest BCUT2D eigenvalue weighted by molar-refractivity contribution is 0.0170. The van der Waals surface area contributed by atoms with Crippen LogP contribution < -0.4 is 4.90 Å². The van der Waals surface area contributed by atoms with Gasteiger partial charge in [0.1, 0.15) is 6.33 Å². The average Bonchev–Trinajstić information content (AvgIpc) is 2.97. The van der Waals surface area contributed by atoms with Crippen LogP contribution in [0.3, 0.4) is 0 Å². The van der Waals surface area contributed by atoms with Gasteiger partial charge in [-0.15, -0.1) is 0 Å². The van der Waals surface area contributed by atoms with Crippen LogP contribution in [-0.4, -0.2) is 74.5 Å². The number of aromatic carboxylic acids is 1. The molecule has 3 heterocycles. The molecule has 0 aliphatic carbocycles. The van der Waals surface area contributed by atoms with Gasteiger partial charge < -0.3 is 14.9 Å². The van der Waals surface area contributed by atoms with Crippen LogP contribution in [0.25, 0.3) is 0 Å². The van der Waals surface area contributed by atoms with Gasteiger partial charge in [-0.05, 0) is 76.3 Å². The molecule has 2 fully saturated rings. The second-order valence-electron chi connectivity index (χ2n) is 11.4. The van der Waals surface area contributed by atoms with E-state index in [1.807, 2.05) is 36.9 Å². The van der Waals surface area contributed by atoms with Crippen LogP contribution in [0.15, 0.2) is 60.9 Å².